The molecule has 7 nitrogen and oxygen atoms in total. The molecule has 1 amide bonds. The van der Waals surface area contributed by atoms with Crippen molar-refractivity contribution in [1.82, 2.24) is 25.0 Å². The van der Waals surface area contributed by atoms with Gasteiger partial charge in [0.25, 0.3) is 5.91 Å². The zero-order valence-corrected chi connectivity index (χ0v) is 17.9. The molecule has 3 heterocycles. The average molecular weight is 430 g/mol. The number of aliphatic hydroxyl groups is 1. The number of aromatic amines is 1. The first-order chi connectivity index (χ1) is 15.7. The molecule has 1 aliphatic rings. The topological polar surface area (TPSA) is 86.2 Å². The molecule has 7 heteroatoms. The highest BCUT2D eigenvalue weighted by atomic mass is 16.3. The normalized spacial score (nSPS) is 13.9. The highest BCUT2D eigenvalue weighted by Gasteiger charge is 2.28. The Morgan fingerprint density at radius 1 is 1.12 bits per heavy atom. The quantitative estimate of drug-likeness (QED) is 0.422. The van der Waals surface area contributed by atoms with Gasteiger partial charge in [-0.1, -0.05) is 48.5 Å². The molecule has 0 saturated carbocycles. The van der Waals surface area contributed by atoms with E-state index in [0.717, 1.165) is 41.8 Å². The first-order valence-corrected chi connectivity index (χ1v) is 11.0. The van der Waals surface area contributed by atoms with Gasteiger partial charge in [0.2, 0.25) is 0 Å². The number of nitrogens with zero attached hydrogens (tertiary/aromatic N) is 3. The van der Waals surface area contributed by atoms with E-state index in [2.05, 4.69) is 44.7 Å². The summed E-state index contributed by atoms with van der Waals surface area (Å²) < 4.78 is 1.80. The standard InChI is InChI=1S/C25H27N5O2/c31-13-12-30-23-10-11-29(16-19-15-26-22-9-5-4-8-20(19)22)17-21(23)24(28-30)25(32)27-14-18-6-2-1-3-7-18/h1-9,15,26,31H,10-14,16-17H2,(H,27,32). The summed E-state index contributed by atoms with van der Waals surface area (Å²) in [5.41, 5.74) is 5.92. The van der Waals surface area contributed by atoms with E-state index in [0.29, 0.717) is 25.3 Å². The van der Waals surface area contributed by atoms with Crippen LogP contribution in [0.4, 0.5) is 0 Å². The van der Waals surface area contributed by atoms with Crippen molar-refractivity contribution in [3.63, 3.8) is 0 Å². The first-order valence-electron chi connectivity index (χ1n) is 11.0. The Morgan fingerprint density at radius 2 is 1.94 bits per heavy atom. The van der Waals surface area contributed by atoms with Crippen LogP contribution in [-0.4, -0.2) is 43.8 Å². The fraction of sp³-hybridized carbons (Fsp3) is 0.280. The van der Waals surface area contributed by atoms with Gasteiger partial charge in [0.1, 0.15) is 0 Å². The van der Waals surface area contributed by atoms with Crippen molar-refractivity contribution in [3.8, 4) is 0 Å². The molecule has 0 unspecified atom stereocenters. The monoisotopic (exact) mass is 429 g/mol. The van der Waals surface area contributed by atoms with Crippen LogP contribution in [0.2, 0.25) is 0 Å². The zero-order chi connectivity index (χ0) is 21.9. The van der Waals surface area contributed by atoms with Crippen LogP contribution in [0.1, 0.15) is 32.9 Å². The Hall–Kier alpha value is -3.42. The molecule has 1 aliphatic heterocycles. The number of hydrogen-bond acceptors (Lipinski definition) is 4. The van der Waals surface area contributed by atoms with E-state index in [1.807, 2.05) is 36.4 Å². The maximum Gasteiger partial charge on any atom is 0.272 e. The van der Waals surface area contributed by atoms with Gasteiger partial charge in [0, 0.05) is 61.0 Å². The summed E-state index contributed by atoms with van der Waals surface area (Å²) >= 11 is 0. The van der Waals surface area contributed by atoms with Crippen molar-refractivity contribution in [1.29, 1.82) is 0 Å². The maximum absolute atomic E-state index is 13.0. The molecule has 164 valence electrons. The number of para-hydroxylation sites is 1. The number of carbonyl (C=O) groups excluding carboxylic acids is 1. The fourth-order valence-electron chi connectivity index (χ4n) is 4.51. The molecule has 0 radical (unpaired) electrons. The van der Waals surface area contributed by atoms with Crippen LogP contribution in [0.25, 0.3) is 10.9 Å². The summed E-state index contributed by atoms with van der Waals surface area (Å²) in [6, 6.07) is 18.2. The van der Waals surface area contributed by atoms with Crippen LogP contribution in [0.5, 0.6) is 0 Å². The van der Waals surface area contributed by atoms with Crippen LogP contribution in [0.15, 0.2) is 60.8 Å². The van der Waals surface area contributed by atoms with Gasteiger partial charge < -0.3 is 15.4 Å². The zero-order valence-electron chi connectivity index (χ0n) is 17.9. The minimum atomic E-state index is -0.171. The number of aromatic nitrogens is 3. The van der Waals surface area contributed by atoms with Crippen LogP contribution in [-0.2, 0) is 32.6 Å². The minimum Gasteiger partial charge on any atom is -0.394 e. The molecule has 5 rings (SSSR count). The van der Waals surface area contributed by atoms with Gasteiger partial charge >= 0.3 is 0 Å². The lowest BCUT2D eigenvalue weighted by Crippen LogP contribution is -2.32. The summed E-state index contributed by atoms with van der Waals surface area (Å²) in [6.07, 6.45) is 2.87. The molecule has 0 aliphatic carbocycles. The van der Waals surface area contributed by atoms with Gasteiger partial charge in [0.05, 0.1) is 13.2 Å². The van der Waals surface area contributed by atoms with E-state index in [4.69, 9.17) is 0 Å². The van der Waals surface area contributed by atoms with Crippen molar-refractivity contribution in [2.45, 2.75) is 32.6 Å². The van der Waals surface area contributed by atoms with Gasteiger partial charge in [-0.15, -0.1) is 0 Å². The fourth-order valence-corrected chi connectivity index (χ4v) is 4.51. The summed E-state index contributed by atoms with van der Waals surface area (Å²) in [4.78, 5) is 18.7. The molecule has 0 spiro atoms. The number of amides is 1. The predicted octanol–water partition coefficient (Wildman–Crippen LogP) is 2.85. The highest BCUT2D eigenvalue weighted by molar-refractivity contribution is 5.94. The van der Waals surface area contributed by atoms with Crippen LogP contribution in [0, 0.1) is 0 Å². The Balaban J connectivity index is 1.36. The molecule has 0 fully saturated rings. The second kappa shape index (κ2) is 8.98. The summed E-state index contributed by atoms with van der Waals surface area (Å²) in [6.45, 7) is 3.21. The lowest BCUT2D eigenvalue weighted by atomic mass is 10.0. The molecule has 4 aromatic rings. The largest absolute Gasteiger partial charge is 0.394 e. The van der Waals surface area contributed by atoms with Crippen molar-refractivity contribution in [3.05, 3.63) is 88.9 Å². The number of H-pyrrole nitrogens is 1. The molecular weight excluding hydrogens is 402 g/mol. The molecule has 3 N–H and O–H groups in total. The molecule has 0 saturated heterocycles. The van der Waals surface area contributed by atoms with Crippen LogP contribution < -0.4 is 5.32 Å². The van der Waals surface area contributed by atoms with Crippen molar-refractivity contribution < 1.29 is 9.90 Å². The summed E-state index contributed by atoms with van der Waals surface area (Å²) in [7, 11) is 0. The minimum absolute atomic E-state index is 0.00174. The Bertz CT molecular complexity index is 1230. The Morgan fingerprint density at radius 3 is 2.78 bits per heavy atom. The van der Waals surface area contributed by atoms with E-state index < -0.39 is 0 Å². The number of benzene rings is 2. The van der Waals surface area contributed by atoms with E-state index in [9.17, 15) is 9.90 Å². The molecule has 2 aromatic heterocycles. The number of carbonyl (C=O) groups is 1. The number of hydrogen-bond donors (Lipinski definition) is 3. The van der Waals surface area contributed by atoms with Crippen molar-refractivity contribution >= 4 is 16.8 Å². The highest BCUT2D eigenvalue weighted by Crippen LogP contribution is 2.26. The van der Waals surface area contributed by atoms with Crippen LogP contribution in [0.3, 0.4) is 0 Å². The van der Waals surface area contributed by atoms with E-state index in [1.165, 1.54) is 10.9 Å². The molecule has 0 bridgehead atoms. The van der Waals surface area contributed by atoms with Gasteiger partial charge in [-0.05, 0) is 17.2 Å². The molecule has 32 heavy (non-hydrogen) atoms. The second-order valence-corrected chi connectivity index (χ2v) is 8.21. The van der Waals surface area contributed by atoms with Gasteiger partial charge in [-0.2, -0.15) is 5.10 Å². The Kier molecular flexibility index (Phi) is 5.75. The molecule has 2 aromatic carbocycles. The lowest BCUT2D eigenvalue weighted by molar-refractivity contribution is 0.0942. The summed E-state index contributed by atoms with van der Waals surface area (Å²) in [5, 5.41) is 18.3. The molecule has 0 atom stereocenters. The van der Waals surface area contributed by atoms with E-state index in [1.54, 1.807) is 4.68 Å². The summed E-state index contributed by atoms with van der Waals surface area (Å²) in [5.74, 6) is -0.171. The Labute approximate surface area is 186 Å². The van der Waals surface area contributed by atoms with E-state index in [-0.39, 0.29) is 12.5 Å². The maximum atomic E-state index is 13.0. The third kappa shape index (κ3) is 4.04. The SMILES string of the molecule is O=C(NCc1ccccc1)c1nn(CCO)c2c1CN(Cc1c[nH]c3ccccc13)CC2. The third-order valence-electron chi connectivity index (χ3n) is 6.10. The number of nitrogens with one attached hydrogen (secondary N) is 2. The number of fused-ring (bicyclic) bond motifs is 2. The third-order valence-corrected chi connectivity index (χ3v) is 6.10. The van der Waals surface area contributed by atoms with E-state index >= 15 is 0 Å². The predicted molar refractivity (Wildman–Crippen MR) is 123 cm³/mol. The van der Waals surface area contributed by atoms with Gasteiger partial charge in [0.15, 0.2) is 5.69 Å². The molecular formula is C25H27N5O2. The van der Waals surface area contributed by atoms with Gasteiger partial charge in [-0.25, -0.2) is 0 Å². The average Bonchev–Trinajstić information content (AvgIpc) is 3.40. The lowest BCUT2D eigenvalue weighted by Gasteiger charge is -2.27. The van der Waals surface area contributed by atoms with Gasteiger partial charge in [-0.3, -0.25) is 14.4 Å². The smallest absolute Gasteiger partial charge is 0.272 e. The van der Waals surface area contributed by atoms with Crippen molar-refractivity contribution in [2.24, 2.45) is 0 Å². The first kappa shape index (κ1) is 20.5. The van der Waals surface area contributed by atoms with Crippen LogP contribution >= 0.6 is 0 Å². The van der Waals surface area contributed by atoms with Crippen molar-refractivity contribution in [2.75, 3.05) is 13.2 Å². The second-order valence-electron chi connectivity index (χ2n) is 8.21. The number of rotatable bonds is 7. The number of aliphatic hydroxyl groups excluding tert-OH is 1.